The minimum atomic E-state index is -0.238. The molecule has 1 aromatic rings. The minimum absolute atomic E-state index is 0.0708. The molecular weight excluding hydrogens is 214 g/mol. The van der Waals surface area contributed by atoms with Crippen LogP contribution >= 0.6 is 0 Å². The number of benzene rings is 1. The van der Waals surface area contributed by atoms with Gasteiger partial charge in [0.25, 0.3) is 0 Å². The molecule has 3 nitrogen and oxygen atoms in total. The number of hydrogen-bond donors (Lipinski definition) is 2. The molecule has 0 saturated heterocycles. The molecule has 0 aliphatic heterocycles. The molecule has 3 heteroatoms. The van der Waals surface area contributed by atoms with Crippen LogP contribution in [0.1, 0.15) is 45.2 Å². The van der Waals surface area contributed by atoms with Gasteiger partial charge in [0, 0.05) is 11.6 Å². The van der Waals surface area contributed by atoms with E-state index in [0.29, 0.717) is 5.92 Å². The van der Waals surface area contributed by atoms with Crippen LogP contribution in [-0.2, 0) is 0 Å². The molecule has 0 unspecified atom stereocenters. The van der Waals surface area contributed by atoms with Crippen molar-refractivity contribution < 1.29 is 9.84 Å². The summed E-state index contributed by atoms with van der Waals surface area (Å²) in [5.74, 6) is 1.55. The van der Waals surface area contributed by atoms with Crippen molar-refractivity contribution in [3.63, 3.8) is 0 Å². The molecule has 0 amide bonds. The lowest BCUT2D eigenvalue weighted by Gasteiger charge is -2.22. The molecule has 0 aromatic heterocycles. The standard InChI is InChI=1S/C14H21NO2/c1-14(2,3)17-10-6-7-12(16)11(8-10)13(15)9-4-5-9/h6-9,13,16H,4-5,15H2,1-3H3/t13-/m1/s1. The van der Waals surface area contributed by atoms with Crippen LogP contribution in [0.25, 0.3) is 0 Å². The van der Waals surface area contributed by atoms with Gasteiger partial charge in [-0.05, 0) is 57.7 Å². The first-order chi connectivity index (χ1) is 7.87. The molecule has 1 aliphatic rings. The summed E-state index contributed by atoms with van der Waals surface area (Å²) in [5, 5.41) is 9.84. The molecule has 1 saturated carbocycles. The zero-order valence-corrected chi connectivity index (χ0v) is 10.7. The van der Waals surface area contributed by atoms with Gasteiger partial charge >= 0.3 is 0 Å². The fourth-order valence-corrected chi connectivity index (χ4v) is 1.93. The molecular formula is C14H21NO2. The van der Waals surface area contributed by atoms with Crippen molar-refractivity contribution in [2.75, 3.05) is 0 Å². The molecule has 2 rings (SSSR count). The van der Waals surface area contributed by atoms with Crippen molar-refractivity contribution >= 4 is 0 Å². The highest BCUT2D eigenvalue weighted by Crippen LogP contribution is 2.42. The molecule has 94 valence electrons. The zero-order valence-electron chi connectivity index (χ0n) is 10.7. The van der Waals surface area contributed by atoms with Crippen molar-refractivity contribution in [3.05, 3.63) is 23.8 Å². The van der Waals surface area contributed by atoms with Gasteiger partial charge in [-0.15, -0.1) is 0 Å². The van der Waals surface area contributed by atoms with Crippen molar-refractivity contribution in [1.29, 1.82) is 0 Å². The molecule has 0 radical (unpaired) electrons. The van der Waals surface area contributed by atoms with Crippen LogP contribution in [0, 0.1) is 5.92 Å². The summed E-state index contributed by atoms with van der Waals surface area (Å²) < 4.78 is 5.78. The third kappa shape index (κ3) is 3.13. The highest BCUT2D eigenvalue weighted by Gasteiger charge is 2.31. The van der Waals surface area contributed by atoms with Crippen LogP contribution in [0.15, 0.2) is 18.2 Å². The first kappa shape index (κ1) is 12.2. The Kier molecular flexibility index (Phi) is 3.04. The van der Waals surface area contributed by atoms with Crippen LogP contribution in [0.4, 0.5) is 0 Å². The van der Waals surface area contributed by atoms with E-state index >= 15 is 0 Å². The molecule has 0 bridgehead atoms. The predicted molar refractivity (Wildman–Crippen MR) is 68.1 cm³/mol. The molecule has 1 aliphatic carbocycles. The van der Waals surface area contributed by atoms with Gasteiger partial charge < -0.3 is 15.6 Å². The van der Waals surface area contributed by atoms with Crippen LogP contribution in [0.5, 0.6) is 11.5 Å². The summed E-state index contributed by atoms with van der Waals surface area (Å²) in [6, 6.07) is 5.24. The molecule has 0 heterocycles. The van der Waals surface area contributed by atoms with Gasteiger partial charge in [0.1, 0.15) is 17.1 Å². The first-order valence-electron chi connectivity index (χ1n) is 6.14. The van der Waals surface area contributed by atoms with Gasteiger partial charge in [-0.3, -0.25) is 0 Å². The van der Waals surface area contributed by atoms with Gasteiger partial charge in [0.2, 0.25) is 0 Å². The monoisotopic (exact) mass is 235 g/mol. The van der Waals surface area contributed by atoms with Crippen LogP contribution in [0.2, 0.25) is 0 Å². The van der Waals surface area contributed by atoms with Crippen LogP contribution in [0.3, 0.4) is 0 Å². The number of phenolic OH excluding ortho intramolecular Hbond substituents is 1. The number of phenols is 1. The van der Waals surface area contributed by atoms with Crippen LogP contribution < -0.4 is 10.5 Å². The quantitative estimate of drug-likeness (QED) is 0.846. The van der Waals surface area contributed by atoms with E-state index in [2.05, 4.69) is 0 Å². The average molecular weight is 235 g/mol. The van der Waals surface area contributed by atoms with E-state index in [4.69, 9.17) is 10.5 Å². The Balaban J connectivity index is 2.22. The molecule has 3 N–H and O–H groups in total. The number of rotatable bonds is 3. The Morgan fingerprint density at radius 1 is 1.35 bits per heavy atom. The molecule has 0 spiro atoms. The largest absolute Gasteiger partial charge is 0.508 e. The zero-order chi connectivity index (χ0) is 12.6. The third-order valence-electron chi connectivity index (χ3n) is 2.91. The summed E-state index contributed by atoms with van der Waals surface area (Å²) in [7, 11) is 0. The average Bonchev–Trinajstić information content (AvgIpc) is 3.01. The maximum Gasteiger partial charge on any atom is 0.120 e. The normalized spacial score (nSPS) is 17.9. The van der Waals surface area contributed by atoms with Gasteiger partial charge in [-0.1, -0.05) is 0 Å². The number of aromatic hydroxyl groups is 1. The van der Waals surface area contributed by atoms with Crippen molar-refractivity contribution in [2.24, 2.45) is 11.7 Å². The number of nitrogens with two attached hydrogens (primary N) is 1. The first-order valence-corrected chi connectivity index (χ1v) is 6.14. The summed E-state index contributed by atoms with van der Waals surface area (Å²) in [4.78, 5) is 0. The smallest absolute Gasteiger partial charge is 0.120 e. The van der Waals surface area contributed by atoms with E-state index in [1.807, 2.05) is 26.8 Å². The van der Waals surface area contributed by atoms with E-state index < -0.39 is 0 Å². The fourth-order valence-electron chi connectivity index (χ4n) is 1.93. The Morgan fingerprint density at radius 2 is 2.00 bits per heavy atom. The van der Waals surface area contributed by atoms with Gasteiger partial charge in [0.05, 0.1) is 0 Å². The maximum absolute atomic E-state index is 9.84. The second kappa shape index (κ2) is 4.22. The number of hydrogen-bond acceptors (Lipinski definition) is 3. The summed E-state index contributed by atoms with van der Waals surface area (Å²) >= 11 is 0. The van der Waals surface area contributed by atoms with Crippen molar-refractivity contribution in [2.45, 2.75) is 45.3 Å². The topological polar surface area (TPSA) is 55.5 Å². The highest BCUT2D eigenvalue weighted by molar-refractivity contribution is 5.42. The maximum atomic E-state index is 9.84. The molecule has 1 fully saturated rings. The lowest BCUT2D eigenvalue weighted by molar-refractivity contribution is 0.130. The van der Waals surface area contributed by atoms with E-state index in [0.717, 1.165) is 24.2 Å². The SMILES string of the molecule is CC(C)(C)Oc1ccc(O)c([C@H](N)C2CC2)c1. The van der Waals surface area contributed by atoms with E-state index in [1.54, 1.807) is 12.1 Å². The van der Waals surface area contributed by atoms with Gasteiger partial charge in [-0.2, -0.15) is 0 Å². The Bertz CT molecular complexity index is 405. The predicted octanol–water partition coefficient (Wildman–Crippen LogP) is 2.98. The summed E-state index contributed by atoms with van der Waals surface area (Å²) in [6.07, 6.45) is 2.32. The summed E-state index contributed by atoms with van der Waals surface area (Å²) in [5.41, 5.74) is 6.68. The van der Waals surface area contributed by atoms with Crippen LogP contribution in [-0.4, -0.2) is 10.7 Å². The summed E-state index contributed by atoms with van der Waals surface area (Å²) in [6.45, 7) is 6.00. The van der Waals surface area contributed by atoms with E-state index in [9.17, 15) is 5.11 Å². The fraction of sp³-hybridized carbons (Fsp3) is 0.571. The Hall–Kier alpha value is -1.22. The molecule has 1 atom stereocenters. The van der Waals surface area contributed by atoms with E-state index in [-0.39, 0.29) is 17.4 Å². The Labute approximate surface area is 103 Å². The van der Waals surface area contributed by atoms with E-state index in [1.165, 1.54) is 0 Å². The lowest BCUT2D eigenvalue weighted by atomic mass is 10.0. The number of ether oxygens (including phenoxy) is 1. The molecule has 17 heavy (non-hydrogen) atoms. The van der Waals surface area contributed by atoms with Gasteiger partial charge in [0.15, 0.2) is 0 Å². The second-order valence-electron chi connectivity index (χ2n) is 5.80. The highest BCUT2D eigenvalue weighted by atomic mass is 16.5. The van der Waals surface area contributed by atoms with Gasteiger partial charge in [-0.25, -0.2) is 0 Å². The van der Waals surface area contributed by atoms with Crippen molar-refractivity contribution in [1.82, 2.24) is 0 Å². The van der Waals surface area contributed by atoms with Crippen molar-refractivity contribution in [3.8, 4) is 11.5 Å². The second-order valence-corrected chi connectivity index (χ2v) is 5.80. The molecule has 1 aromatic carbocycles. The Morgan fingerprint density at radius 3 is 2.53 bits per heavy atom. The lowest BCUT2D eigenvalue weighted by Crippen LogP contribution is -2.23. The minimum Gasteiger partial charge on any atom is -0.508 e. The third-order valence-corrected chi connectivity index (χ3v) is 2.91.